The first kappa shape index (κ1) is 11.4. The van der Waals surface area contributed by atoms with Crippen LogP contribution in [0.1, 0.15) is 33.3 Å². The zero-order valence-corrected chi connectivity index (χ0v) is 10.1. The van der Waals surface area contributed by atoms with E-state index >= 15 is 0 Å². The Labute approximate surface area is 90.5 Å². The third-order valence-corrected chi connectivity index (χ3v) is 3.05. The van der Waals surface area contributed by atoms with Crippen LogP contribution in [0, 0.1) is 0 Å². The summed E-state index contributed by atoms with van der Waals surface area (Å²) in [5, 5.41) is 9.61. The Morgan fingerprint density at radius 2 is 1.93 bits per heavy atom. The smallest absolute Gasteiger partial charge is 0.129 e. The van der Waals surface area contributed by atoms with Crippen molar-refractivity contribution in [3.05, 3.63) is 23.8 Å². The van der Waals surface area contributed by atoms with Gasteiger partial charge in [-0.1, -0.05) is 33.8 Å². The number of benzene rings is 1. The Morgan fingerprint density at radius 3 is 2.43 bits per heavy atom. The highest BCUT2D eigenvalue weighted by atomic mass is 32.2. The lowest BCUT2D eigenvalue weighted by atomic mass is 9.87. The summed E-state index contributed by atoms with van der Waals surface area (Å²) in [6, 6.07) is 5.87. The Hall–Kier alpha value is -0.630. The summed E-state index contributed by atoms with van der Waals surface area (Å²) in [7, 11) is 0. The van der Waals surface area contributed by atoms with Gasteiger partial charge in [0.1, 0.15) is 5.75 Å². The van der Waals surface area contributed by atoms with E-state index < -0.39 is 0 Å². The van der Waals surface area contributed by atoms with E-state index in [4.69, 9.17) is 0 Å². The zero-order chi connectivity index (χ0) is 10.8. The van der Waals surface area contributed by atoms with Crippen LogP contribution in [0.3, 0.4) is 0 Å². The van der Waals surface area contributed by atoms with Crippen molar-refractivity contribution < 1.29 is 5.11 Å². The fourth-order valence-electron chi connectivity index (χ4n) is 1.25. The molecular formula is C12H18OS. The Balaban J connectivity index is 3.06. The average molecular weight is 210 g/mol. The highest BCUT2D eigenvalue weighted by Crippen LogP contribution is 2.33. The van der Waals surface area contributed by atoms with Crippen LogP contribution < -0.4 is 0 Å². The van der Waals surface area contributed by atoms with Crippen LogP contribution in [0.5, 0.6) is 5.75 Å². The molecule has 1 N–H and O–H groups in total. The minimum Gasteiger partial charge on any atom is -0.507 e. The molecule has 0 unspecified atom stereocenters. The maximum Gasteiger partial charge on any atom is 0.129 e. The third kappa shape index (κ3) is 2.68. The average Bonchev–Trinajstić information content (AvgIpc) is 2.07. The van der Waals surface area contributed by atoms with Crippen molar-refractivity contribution in [3.63, 3.8) is 0 Å². The van der Waals surface area contributed by atoms with Gasteiger partial charge in [0.2, 0.25) is 0 Å². The summed E-state index contributed by atoms with van der Waals surface area (Å²) in [4.78, 5) is 0.986. The van der Waals surface area contributed by atoms with Gasteiger partial charge in [-0.3, -0.25) is 0 Å². The van der Waals surface area contributed by atoms with E-state index in [0.29, 0.717) is 5.75 Å². The predicted molar refractivity (Wildman–Crippen MR) is 63.2 cm³/mol. The van der Waals surface area contributed by atoms with Gasteiger partial charge in [-0.2, -0.15) is 0 Å². The maximum atomic E-state index is 9.61. The highest BCUT2D eigenvalue weighted by Gasteiger charge is 2.15. The standard InChI is InChI=1S/C12H18OS/c1-5-14-11-8-9(12(2,3)4)6-7-10(11)13/h6-8,13H,5H2,1-4H3. The van der Waals surface area contributed by atoms with Crippen molar-refractivity contribution in [1.29, 1.82) is 0 Å². The summed E-state index contributed by atoms with van der Waals surface area (Å²) < 4.78 is 0. The SMILES string of the molecule is CCSc1cc(C(C)(C)C)ccc1O. The molecule has 0 spiro atoms. The van der Waals surface area contributed by atoms with Crippen LogP contribution in [0.25, 0.3) is 0 Å². The summed E-state index contributed by atoms with van der Waals surface area (Å²) in [6.45, 7) is 8.63. The Morgan fingerprint density at radius 1 is 1.29 bits per heavy atom. The van der Waals surface area contributed by atoms with Crippen LogP contribution in [-0.2, 0) is 5.41 Å². The number of phenolic OH excluding ortho intramolecular Hbond substituents is 1. The van der Waals surface area contributed by atoms with Crippen molar-refractivity contribution >= 4 is 11.8 Å². The normalized spacial score (nSPS) is 11.7. The molecule has 1 aromatic rings. The van der Waals surface area contributed by atoms with E-state index in [1.54, 1.807) is 17.8 Å². The van der Waals surface area contributed by atoms with Crippen molar-refractivity contribution in [3.8, 4) is 5.75 Å². The monoisotopic (exact) mass is 210 g/mol. The predicted octanol–water partition coefficient (Wildman–Crippen LogP) is 3.80. The number of aromatic hydroxyl groups is 1. The zero-order valence-electron chi connectivity index (χ0n) is 9.29. The number of phenols is 1. The van der Waals surface area contributed by atoms with E-state index in [2.05, 4.69) is 33.8 Å². The topological polar surface area (TPSA) is 20.2 Å². The molecule has 0 aliphatic rings. The first-order chi connectivity index (χ1) is 6.45. The maximum absolute atomic E-state index is 9.61. The fraction of sp³-hybridized carbons (Fsp3) is 0.500. The van der Waals surface area contributed by atoms with Gasteiger partial charge in [-0.15, -0.1) is 11.8 Å². The molecule has 0 atom stereocenters. The van der Waals surface area contributed by atoms with Gasteiger partial charge in [-0.25, -0.2) is 0 Å². The van der Waals surface area contributed by atoms with Gasteiger partial charge in [0.15, 0.2) is 0 Å². The van der Waals surface area contributed by atoms with Gasteiger partial charge in [0.25, 0.3) is 0 Å². The molecule has 0 fully saturated rings. The summed E-state index contributed by atoms with van der Waals surface area (Å²) in [5.74, 6) is 1.38. The number of hydrogen-bond donors (Lipinski definition) is 1. The van der Waals surface area contributed by atoms with Crippen molar-refractivity contribution in [2.45, 2.75) is 38.0 Å². The molecule has 0 bridgehead atoms. The van der Waals surface area contributed by atoms with E-state index in [9.17, 15) is 5.11 Å². The second kappa shape index (κ2) is 4.26. The Bertz CT molecular complexity index is 313. The quantitative estimate of drug-likeness (QED) is 0.749. The second-order valence-corrected chi connectivity index (χ2v) is 5.67. The van der Waals surface area contributed by atoms with Crippen molar-refractivity contribution in [1.82, 2.24) is 0 Å². The lowest BCUT2D eigenvalue weighted by molar-refractivity contribution is 0.460. The Kier molecular flexibility index (Phi) is 3.48. The molecule has 0 aliphatic heterocycles. The molecule has 0 heterocycles. The second-order valence-electron chi connectivity index (χ2n) is 4.37. The van der Waals surface area contributed by atoms with E-state index in [1.165, 1.54) is 5.56 Å². The number of hydrogen-bond acceptors (Lipinski definition) is 2. The molecule has 0 amide bonds. The molecule has 1 rings (SSSR count). The first-order valence-electron chi connectivity index (χ1n) is 4.91. The molecule has 0 radical (unpaired) electrons. The van der Waals surface area contributed by atoms with Crippen LogP contribution >= 0.6 is 11.8 Å². The minimum absolute atomic E-state index is 0.150. The highest BCUT2D eigenvalue weighted by molar-refractivity contribution is 7.99. The molecule has 0 saturated carbocycles. The van der Waals surface area contributed by atoms with Gasteiger partial charge < -0.3 is 5.11 Å². The van der Waals surface area contributed by atoms with Gasteiger partial charge in [0.05, 0.1) is 0 Å². The number of thioether (sulfide) groups is 1. The van der Waals surface area contributed by atoms with Crippen LogP contribution in [0.15, 0.2) is 23.1 Å². The summed E-state index contributed by atoms with van der Waals surface area (Å²) in [5.41, 5.74) is 1.42. The molecule has 78 valence electrons. The van der Waals surface area contributed by atoms with Crippen LogP contribution in [-0.4, -0.2) is 10.9 Å². The molecular weight excluding hydrogens is 192 g/mol. The van der Waals surface area contributed by atoms with E-state index in [0.717, 1.165) is 10.6 Å². The third-order valence-electron chi connectivity index (χ3n) is 2.13. The molecule has 0 aromatic heterocycles. The lowest BCUT2D eigenvalue weighted by Crippen LogP contribution is -2.10. The fourth-order valence-corrected chi connectivity index (χ4v) is 1.99. The summed E-state index contributed by atoms with van der Waals surface area (Å²) in [6.07, 6.45) is 0. The van der Waals surface area contributed by atoms with Gasteiger partial charge in [-0.05, 0) is 28.9 Å². The first-order valence-corrected chi connectivity index (χ1v) is 5.90. The molecule has 2 heteroatoms. The molecule has 0 aliphatic carbocycles. The van der Waals surface area contributed by atoms with Crippen molar-refractivity contribution in [2.24, 2.45) is 0 Å². The van der Waals surface area contributed by atoms with Gasteiger partial charge >= 0.3 is 0 Å². The largest absolute Gasteiger partial charge is 0.507 e. The number of rotatable bonds is 2. The van der Waals surface area contributed by atoms with Crippen molar-refractivity contribution in [2.75, 3.05) is 5.75 Å². The molecule has 14 heavy (non-hydrogen) atoms. The molecule has 1 nitrogen and oxygen atoms in total. The molecule has 1 aromatic carbocycles. The van der Waals surface area contributed by atoms with E-state index in [1.807, 2.05) is 6.07 Å². The van der Waals surface area contributed by atoms with Crippen LogP contribution in [0.2, 0.25) is 0 Å². The van der Waals surface area contributed by atoms with Crippen LogP contribution in [0.4, 0.5) is 0 Å². The molecule has 0 saturated heterocycles. The lowest BCUT2D eigenvalue weighted by Gasteiger charge is -2.20. The summed E-state index contributed by atoms with van der Waals surface area (Å²) >= 11 is 1.68. The van der Waals surface area contributed by atoms with E-state index in [-0.39, 0.29) is 5.41 Å². The minimum atomic E-state index is 0.150. The van der Waals surface area contributed by atoms with Gasteiger partial charge in [0, 0.05) is 4.90 Å².